The topological polar surface area (TPSA) is 119 Å². The summed E-state index contributed by atoms with van der Waals surface area (Å²) in [5.74, 6) is -0.391. The van der Waals surface area contributed by atoms with Gasteiger partial charge in [0.2, 0.25) is 5.91 Å². The molecule has 2 aliphatic carbocycles. The molecule has 1 heterocycles. The van der Waals surface area contributed by atoms with E-state index < -0.39 is 35.2 Å². The van der Waals surface area contributed by atoms with Crippen LogP contribution < -0.4 is 5.32 Å². The number of aliphatic hydroxyl groups excluding tert-OH is 3. The second kappa shape index (κ2) is 10.7. The van der Waals surface area contributed by atoms with Gasteiger partial charge in [0, 0.05) is 30.6 Å². The number of carbonyl (C=O) groups is 2. The number of β-amino-alcohol motifs (C(OH)–C–C–N with tert-alkyl or cyclic N) is 1. The van der Waals surface area contributed by atoms with Crippen molar-refractivity contribution in [3.8, 4) is 0 Å². The number of aliphatic hydroxyl groups is 3. The van der Waals surface area contributed by atoms with Crippen LogP contribution in [0.1, 0.15) is 52.4 Å². The van der Waals surface area contributed by atoms with Crippen molar-refractivity contribution in [2.24, 2.45) is 22.7 Å². The Hall–Kier alpha value is -1.58. The zero-order chi connectivity index (χ0) is 26.3. The summed E-state index contributed by atoms with van der Waals surface area (Å²) in [6.45, 7) is 4.70. The number of nitrogens with one attached hydrogen (secondary N) is 1. The van der Waals surface area contributed by atoms with Crippen LogP contribution in [0.5, 0.6) is 0 Å². The van der Waals surface area contributed by atoms with E-state index in [2.05, 4.69) is 12.2 Å². The van der Waals surface area contributed by atoms with Gasteiger partial charge < -0.3 is 25.0 Å². The Kier molecular flexibility index (Phi) is 8.12. The van der Waals surface area contributed by atoms with Gasteiger partial charge in [-0.3, -0.25) is 10.1 Å². The fraction of sp³-hybridized carbons (Fsp3) is 0.692. The van der Waals surface area contributed by atoms with Crippen LogP contribution in [0.25, 0.3) is 0 Å². The third kappa shape index (κ3) is 5.20. The molecule has 3 aliphatic rings. The fourth-order valence-electron chi connectivity index (χ4n) is 6.92. The third-order valence-corrected chi connectivity index (χ3v) is 9.74. The van der Waals surface area contributed by atoms with Crippen LogP contribution >= 0.6 is 23.2 Å². The Balaban J connectivity index is 1.49. The predicted molar refractivity (Wildman–Crippen MR) is 137 cm³/mol. The van der Waals surface area contributed by atoms with Crippen molar-refractivity contribution in [3.05, 3.63) is 28.2 Å². The first-order valence-electron chi connectivity index (χ1n) is 12.7. The summed E-state index contributed by atoms with van der Waals surface area (Å²) in [6.07, 6.45) is 0.801. The number of nitrogens with zero attached hydrogens (tertiary/aromatic N) is 1. The van der Waals surface area contributed by atoms with Crippen molar-refractivity contribution in [2.45, 2.75) is 70.7 Å². The molecule has 7 unspecified atom stereocenters. The van der Waals surface area contributed by atoms with E-state index in [1.807, 2.05) is 6.92 Å². The largest absolute Gasteiger partial charge is 0.445 e. The summed E-state index contributed by atoms with van der Waals surface area (Å²) in [6, 6.07) is 4.75. The van der Waals surface area contributed by atoms with Gasteiger partial charge >= 0.3 is 6.09 Å². The van der Waals surface area contributed by atoms with Gasteiger partial charge in [-0.2, -0.15) is 0 Å². The van der Waals surface area contributed by atoms with Crippen molar-refractivity contribution in [2.75, 3.05) is 25.0 Å². The number of likely N-dealkylation sites (tertiary alicyclic amines) is 1. The van der Waals surface area contributed by atoms with Gasteiger partial charge in [-0.05, 0) is 67.6 Å². The molecular formula is C26H36Cl2N2O6. The van der Waals surface area contributed by atoms with E-state index in [9.17, 15) is 24.9 Å². The van der Waals surface area contributed by atoms with Crippen molar-refractivity contribution in [1.82, 2.24) is 4.90 Å². The summed E-state index contributed by atoms with van der Waals surface area (Å²) in [4.78, 5) is 27.5. The Bertz CT molecular complexity index is 995. The standard InChI is InChI=1S/C26H36Cl2N2O6/c1-25-9-7-22(36-24(35)29-15-3-4-18(27)19(28)11-15)26(2,14-31)21(25)6-5-20(33)17(25)12-23(34)30-10-8-16(32)13-30/h3-4,11,16-17,20-22,31-33H,5-10,12-14H2,1-2H3,(H,29,35). The number of halogens is 2. The number of benzene rings is 1. The molecule has 0 spiro atoms. The first-order valence-corrected chi connectivity index (χ1v) is 13.4. The third-order valence-electron chi connectivity index (χ3n) is 9.00. The molecule has 0 bridgehead atoms. The maximum absolute atomic E-state index is 13.0. The van der Waals surface area contributed by atoms with Crippen molar-refractivity contribution in [3.63, 3.8) is 0 Å². The molecule has 10 heteroatoms. The Morgan fingerprint density at radius 3 is 2.53 bits per heavy atom. The number of fused-ring (bicyclic) bond motifs is 1. The maximum atomic E-state index is 13.0. The molecule has 200 valence electrons. The van der Waals surface area contributed by atoms with Crippen LogP contribution in [-0.4, -0.2) is 70.2 Å². The van der Waals surface area contributed by atoms with Crippen LogP contribution in [0.15, 0.2) is 18.2 Å². The summed E-state index contributed by atoms with van der Waals surface area (Å²) >= 11 is 12.0. The number of carbonyl (C=O) groups excluding carboxylic acids is 2. The highest BCUT2D eigenvalue weighted by Crippen LogP contribution is 2.61. The van der Waals surface area contributed by atoms with Gasteiger partial charge in [0.15, 0.2) is 0 Å². The lowest BCUT2D eigenvalue weighted by Crippen LogP contribution is -2.61. The smallest absolute Gasteiger partial charge is 0.411 e. The molecule has 4 N–H and O–H groups in total. The molecule has 7 atom stereocenters. The number of rotatable bonds is 5. The first kappa shape index (κ1) is 27.5. The molecule has 4 rings (SSSR count). The lowest BCUT2D eigenvalue weighted by Gasteiger charge is -2.60. The number of amides is 2. The second-order valence-electron chi connectivity index (χ2n) is 11.1. The van der Waals surface area contributed by atoms with Crippen molar-refractivity contribution < 1.29 is 29.6 Å². The lowest BCUT2D eigenvalue weighted by molar-refractivity contribution is -0.186. The molecule has 1 aromatic carbocycles. The highest BCUT2D eigenvalue weighted by atomic mass is 35.5. The van der Waals surface area contributed by atoms with Crippen molar-refractivity contribution >= 4 is 40.9 Å². The van der Waals surface area contributed by atoms with Crippen LogP contribution in [0.2, 0.25) is 10.0 Å². The minimum atomic E-state index is -0.743. The molecule has 2 saturated carbocycles. The van der Waals surface area contributed by atoms with E-state index in [0.29, 0.717) is 60.9 Å². The van der Waals surface area contributed by atoms with E-state index in [1.165, 1.54) is 6.07 Å². The zero-order valence-electron chi connectivity index (χ0n) is 20.8. The van der Waals surface area contributed by atoms with Crippen LogP contribution in [0.4, 0.5) is 10.5 Å². The highest BCUT2D eigenvalue weighted by molar-refractivity contribution is 6.42. The van der Waals surface area contributed by atoms with Gasteiger partial charge in [0.05, 0.1) is 28.9 Å². The van der Waals surface area contributed by atoms with E-state index in [-0.39, 0.29) is 30.8 Å². The molecule has 1 aromatic rings. The lowest BCUT2D eigenvalue weighted by atomic mass is 9.46. The molecule has 2 amide bonds. The van der Waals surface area contributed by atoms with E-state index in [0.717, 1.165) is 0 Å². The molecular weight excluding hydrogens is 507 g/mol. The van der Waals surface area contributed by atoms with Crippen molar-refractivity contribution in [1.29, 1.82) is 0 Å². The van der Waals surface area contributed by atoms with Crippen LogP contribution in [0.3, 0.4) is 0 Å². The Morgan fingerprint density at radius 1 is 1.14 bits per heavy atom. The minimum Gasteiger partial charge on any atom is -0.445 e. The van der Waals surface area contributed by atoms with Gasteiger partial charge in [-0.25, -0.2) is 4.79 Å². The quantitative estimate of drug-likeness (QED) is 0.445. The number of ether oxygens (including phenoxy) is 1. The Morgan fingerprint density at radius 2 is 1.89 bits per heavy atom. The molecule has 0 radical (unpaired) electrons. The van der Waals surface area contributed by atoms with Gasteiger partial charge in [-0.1, -0.05) is 37.0 Å². The fourth-order valence-corrected chi connectivity index (χ4v) is 7.21. The van der Waals surface area contributed by atoms with E-state index in [1.54, 1.807) is 17.0 Å². The highest BCUT2D eigenvalue weighted by Gasteiger charge is 2.60. The monoisotopic (exact) mass is 542 g/mol. The number of hydrogen-bond acceptors (Lipinski definition) is 6. The average Bonchev–Trinajstić information content (AvgIpc) is 3.27. The van der Waals surface area contributed by atoms with Crippen LogP contribution in [-0.2, 0) is 9.53 Å². The average molecular weight is 543 g/mol. The molecule has 36 heavy (non-hydrogen) atoms. The Labute approximate surface area is 221 Å². The molecule has 3 fully saturated rings. The van der Waals surface area contributed by atoms with Crippen LogP contribution in [0, 0.1) is 22.7 Å². The predicted octanol–water partition coefficient (Wildman–Crippen LogP) is 4.08. The van der Waals surface area contributed by atoms with E-state index >= 15 is 0 Å². The van der Waals surface area contributed by atoms with E-state index in [4.69, 9.17) is 27.9 Å². The summed E-state index contributed by atoms with van der Waals surface area (Å²) in [5, 5.41) is 34.8. The van der Waals surface area contributed by atoms with Gasteiger partial charge in [0.1, 0.15) is 6.10 Å². The molecule has 8 nitrogen and oxygen atoms in total. The molecule has 1 saturated heterocycles. The maximum Gasteiger partial charge on any atom is 0.411 e. The summed E-state index contributed by atoms with van der Waals surface area (Å²) in [7, 11) is 0. The van der Waals surface area contributed by atoms with Gasteiger partial charge in [0.25, 0.3) is 0 Å². The normalized spacial score (nSPS) is 36.3. The summed E-state index contributed by atoms with van der Waals surface area (Å²) < 4.78 is 5.85. The zero-order valence-corrected chi connectivity index (χ0v) is 22.3. The van der Waals surface area contributed by atoms with Gasteiger partial charge in [-0.15, -0.1) is 0 Å². The molecule has 0 aromatic heterocycles. The second-order valence-corrected chi connectivity index (χ2v) is 12.0. The number of anilines is 1. The SMILES string of the molecule is CC1(CO)C(OC(=O)Nc2ccc(Cl)c(Cl)c2)CCC2(C)C(CC(=O)N3CCC(O)C3)C(O)CCC12. The molecule has 1 aliphatic heterocycles. The number of hydrogen-bond donors (Lipinski definition) is 4. The first-order chi connectivity index (χ1) is 17.0. The minimum absolute atomic E-state index is 0.0532. The summed E-state index contributed by atoms with van der Waals surface area (Å²) in [5.41, 5.74) is -0.705.